The lowest BCUT2D eigenvalue weighted by Gasteiger charge is -2.09. The number of benzene rings is 1. The van der Waals surface area contributed by atoms with Crippen molar-refractivity contribution < 1.29 is 9.59 Å². The van der Waals surface area contributed by atoms with Crippen molar-refractivity contribution in [3.63, 3.8) is 0 Å². The standard InChI is InChI=1S/C16H17N3O2/c1-3-15(20)17-8-9-18-16(21)13-10-12-6-4-5-7-14(12)19-11(13)2/h3-7,10H,1,8-9H2,2H3,(H,17,20)(H,18,21). The number of fused-ring (bicyclic) bond motifs is 1. The van der Waals surface area contributed by atoms with Crippen molar-refractivity contribution in [2.45, 2.75) is 6.92 Å². The van der Waals surface area contributed by atoms with E-state index < -0.39 is 0 Å². The maximum atomic E-state index is 12.1. The number of para-hydroxylation sites is 1. The van der Waals surface area contributed by atoms with E-state index in [0.717, 1.165) is 10.9 Å². The van der Waals surface area contributed by atoms with E-state index in [9.17, 15) is 9.59 Å². The quantitative estimate of drug-likeness (QED) is 0.646. The van der Waals surface area contributed by atoms with Gasteiger partial charge in [0.15, 0.2) is 0 Å². The molecule has 5 nitrogen and oxygen atoms in total. The van der Waals surface area contributed by atoms with Gasteiger partial charge in [0, 0.05) is 18.5 Å². The number of aryl methyl sites for hydroxylation is 1. The summed E-state index contributed by atoms with van der Waals surface area (Å²) in [5, 5.41) is 6.28. The largest absolute Gasteiger partial charge is 0.351 e. The van der Waals surface area contributed by atoms with Crippen molar-refractivity contribution in [3.05, 3.63) is 54.2 Å². The van der Waals surface area contributed by atoms with Gasteiger partial charge >= 0.3 is 0 Å². The van der Waals surface area contributed by atoms with E-state index >= 15 is 0 Å². The Balaban J connectivity index is 2.03. The summed E-state index contributed by atoms with van der Waals surface area (Å²) >= 11 is 0. The molecular formula is C16H17N3O2. The minimum Gasteiger partial charge on any atom is -0.351 e. The molecule has 1 aromatic heterocycles. The van der Waals surface area contributed by atoms with Crippen LogP contribution in [0.2, 0.25) is 0 Å². The molecule has 0 fully saturated rings. The van der Waals surface area contributed by atoms with Crippen LogP contribution in [-0.2, 0) is 4.79 Å². The second kappa shape index (κ2) is 6.65. The molecule has 108 valence electrons. The third-order valence-electron chi connectivity index (χ3n) is 3.05. The monoisotopic (exact) mass is 283 g/mol. The smallest absolute Gasteiger partial charge is 0.253 e. The van der Waals surface area contributed by atoms with Crippen LogP contribution in [0.4, 0.5) is 0 Å². The summed E-state index contributed by atoms with van der Waals surface area (Å²) in [6.45, 7) is 5.87. The number of hydrogen-bond donors (Lipinski definition) is 2. The summed E-state index contributed by atoms with van der Waals surface area (Å²) in [6.07, 6.45) is 1.19. The van der Waals surface area contributed by atoms with Gasteiger partial charge in [-0.25, -0.2) is 0 Å². The highest BCUT2D eigenvalue weighted by atomic mass is 16.2. The van der Waals surface area contributed by atoms with E-state index in [0.29, 0.717) is 24.3 Å². The summed E-state index contributed by atoms with van der Waals surface area (Å²) in [5.74, 6) is -0.452. The van der Waals surface area contributed by atoms with Crippen LogP contribution in [0.25, 0.3) is 10.9 Å². The van der Waals surface area contributed by atoms with Gasteiger partial charge in [0.1, 0.15) is 0 Å². The van der Waals surface area contributed by atoms with Crippen LogP contribution in [0.5, 0.6) is 0 Å². The van der Waals surface area contributed by atoms with Gasteiger partial charge in [-0.2, -0.15) is 0 Å². The minimum absolute atomic E-state index is 0.196. The van der Waals surface area contributed by atoms with E-state index in [1.54, 1.807) is 6.92 Å². The number of nitrogens with zero attached hydrogens (tertiary/aromatic N) is 1. The number of carbonyl (C=O) groups excluding carboxylic acids is 2. The van der Waals surface area contributed by atoms with Crippen LogP contribution >= 0.6 is 0 Å². The van der Waals surface area contributed by atoms with Gasteiger partial charge in [0.25, 0.3) is 5.91 Å². The highest BCUT2D eigenvalue weighted by Crippen LogP contribution is 2.16. The van der Waals surface area contributed by atoms with E-state index in [-0.39, 0.29) is 11.8 Å². The van der Waals surface area contributed by atoms with Crippen molar-refractivity contribution in [1.82, 2.24) is 15.6 Å². The molecule has 0 aliphatic carbocycles. The molecule has 0 bridgehead atoms. The lowest BCUT2D eigenvalue weighted by Crippen LogP contribution is -2.34. The molecule has 5 heteroatoms. The van der Waals surface area contributed by atoms with E-state index in [2.05, 4.69) is 22.2 Å². The van der Waals surface area contributed by atoms with Crippen LogP contribution in [0, 0.1) is 6.92 Å². The van der Waals surface area contributed by atoms with Gasteiger partial charge in [0.2, 0.25) is 5.91 Å². The fourth-order valence-electron chi connectivity index (χ4n) is 1.97. The van der Waals surface area contributed by atoms with Crippen LogP contribution in [-0.4, -0.2) is 29.9 Å². The summed E-state index contributed by atoms with van der Waals surface area (Å²) in [7, 11) is 0. The minimum atomic E-state index is -0.257. The number of hydrogen-bond acceptors (Lipinski definition) is 3. The Bertz CT molecular complexity index is 695. The molecule has 0 spiro atoms. The number of pyridine rings is 1. The van der Waals surface area contributed by atoms with Crippen molar-refractivity contribution >= 4 is 22.7 Å². The first-order valence-electron chi connectivity index (χ1n) is 6.66. The Morgan fingerprint density at radius 1 is 1.24 bits per heavy atom. The second-order valence-electron chi connectivity index (χ2n) is 4.57. The number of aromatic nitrogens is 1. The first-order valence-corrected chi connectivity index (χ1v) is 6.66. The van der Waals surface area contributed by atoms with E-state index in [1.165, 1.54) is 6.08 Å². The molecule has 0 unspecified atom stereocenters. The average molecular weight is 283 g/mol. The van der Waals surface area contributed by atoms with Gasteiger partial charge in [-0.05, 0) is 25.1 Å². The van der Waals surface area contributed by atoms with Crippen molar-refractivity contribution in [2.24, 2.45) is 0 Å². The number of nitrogens with one attached hydrogen (secondary N) is 2. The number of rotatable bonds is 5. The maximum Gasteiger partial charge on any atom is 0.253 e. The summed E-state index contributed by atoms with van der Waals surface area (Å²) in [6, 6.07) is 9.48. The maximum absolute atomic E-state index is 12.1. The fourth-order valence-corrected chi connectivity index (χ4v) is 1.97. The van der Waals surface area contributed by atoms with E-state index in [4.69, 9.17) is 0 Å². The lowest BCUT2D eigenvalue weighted by molar-refractivity contribution is -0.116. The van der Waals surface area contributed by atoms with E-state index in [1.807, 2.05) is 30.3 Å². The Labute approximate surface area is 123 Å². The molecule has 0 atom stereocenters. The summed E-state index contributed by atoms with van der Waals surface area (Å²) in [4.78, 5) is 27.5. The van der Waals surface area contributed by atoms with Crippen LogP contribution < -0.4 is 10.6 Å². The molecule has 1 aromatic carbocycles. The zero-order valence-electron chi connectivity index (χ0n) is 11.8. The molecule has 0 aliphatic heterocycles. The van der Waals surface area contributed by atoms with Crippen molar-refractivity contribution in [2.75, 3.05) is 13.1 Å². The van der Waals surface area contributed by atoms with Gasteiger partial charge in [-0.1, -0.05) is 24.8 Å². The third kappa shape index (κ3) is 3.66. The van der Waals surface area contributed by atoms with Crippen LogP contribution in [0.3, 0.4) is 0 Å². The van der Waals surface area contributed by atoms with Crippen molar-refractivity contribution in [1.29, 1.82) is 0 Å². The summed E-state index contributed by atoms with van der Waals surface area (Å²) < 4.78 is 0. The average Bonchev–Trinajstić information content (AvgIpc) is 2.50. The lowest BCUT2D eigenvalue weighted by atomic mass is 10.1. The van der Waals surface area contributed by atoms with Crippen molar-refractivity contribution in [3.8, 4) is 0 Å². The Hall–Kier alpha value is -2.69. The first-order chi connectivity index (χ1) is 10.1. The highest BCUT2D eigenvalue weighted by Gasteiger charge is 2.10. The first kappa shape index (κ1) is 14.7. The molecular weight excluding hydrogens is 266 g/mol. The Morgan fingerprint density at radius 3 is 2.71 bits per heavy atom. The predicted octanol–water partition coefficient (Wildman–Crippen LogP) is 1.58. The van der Waals surface area contributed by atoms with Crippen LogP contribution in [0.15, 0.2) is 43.0 Å². The molecule has 0 aliphatic rings. The molecule has 2 aromatic rings. The molecule has 0 saturated heterocycles. The molecule has 0 saturated carbocycles. The molecule has 2 N–H and O–H groups in total. The molecule has 1 heterocycles. The van der Waals surface area contributed by atoms with Gasteiger partial charge in [0.05, 0.1) is 16.8 Å². The Morgan fingerprint density at radius 2 is 1.95 bits per heavy atom. The fraction of sp³-hybridized carbons (Fsp3) is 0.188. The predicted molar refractivity (Wildman–Crippen MR) is 82.0 cm³/mol. The highest BCUT2D eigenvalue weighted by molar-refractivity contribution is 5.98. The number of amides is 2. The van der Waals surface area contributed by atoms with Gasteiger partial charge in [-0.15, -0.1) is 0 Å². The molecule has 21 heavy (non-hydrogen) atoms. The van der Waals surface area contributed by atoms with Gasteiger partial charge < -0.3 is 10.6 Å². The topological polar surface area (TPSA) is 71.1 Å². The summed E-state index contributed by atoms with van der Waals surface area (Å²) in [5.41, 5.74) is 2.09. The SMILES string of the molecule is C=CC(=O)NCCNC(=O)c1cc2ccccc2nc1C. The number of carbonyl (C=O) groups is 2. The Kier molecular flexibility index (Phi) is 4.66. The molecule has 2 amide bonds. The third-order valence-corrected chi connectivity index (χ3v) is 3.05. The second-order valence-corrected chi connectivity index (χ2v) is 4.57. The zero-order valence-corrected chi connectivity index (χ0v) is 11.8. The zero-order chi connectivity index (χ0) is 15.2. The normalized spacial score (nSPS) is 10.1. The molecule has 2 rings (SSSR count). The van der Waals surface area contributed by atoms with Gasteiger partial charge in [-0.3, -0.25) is 14.6 Å². The van der Waals surface area contributed by atoms with Crippen LogP contribution in [0.1, 0.15) is 16.1 Å². The molecule has 0 radical (unpaired) electrons.